The lowest BCUT2D eigenvalue weighted by molar-refractivity contribution is -0.116. The van der Waals surface area contributed by atoms with E-state index >= 15 is 0 Å². The van der Waals surface area contributed by atoms with Gasteiger partial charge in [-0.25, -0.2) is 17.5 Å². The SMILES string of the molecule is COc1ccc(NC(=O)CCNS(=O)(=O)c2ccc(F)cc2)cc1. The molecule has 0 aromatic heterocycles. The third-order valence-corrected chi connectivity index (χ3v) is 4.62. The van der Waals surface area contributed by atoms with Gasteiger partial charge < -0.3 is 10.1 Å². The Bertz CT molecular complexity index is 790. The third-order valence-electron chi connectivity index (χ3n) is 3.14. The summed E-state index contributed by atoms with van der Waals surface area (Å²) in [4.78, 5) is 11.8. The minimum atomic E-state index is -3.77. The van der Waals surface area contributed by atoms with Gasteiger partial charge in [-0.3, -0.25) is 4.79 Å². The van der Waals surface area contributed by atoms with E-state index in [1.54, 1.807) is 31.4 Å². The number of rotatable bonds is 7. The molecule has 0 saturated carbocycles. The van der Waals surface area contributed by atoms with Crippen LogP contribution in [0.25, 0.3) is 0 Å². The van der Waals surface area contributed by atoms with Crippen LogP contribution in [0.2, 0.25) is 0 Å². The first-order chi connectivity index (χ1) is 11.4. The molecule has 0 unspecified atom stereocenters. The lowest BCUT2D eigenvalue weighted by atomic mass is 10.3. The summed E-state index contributed by atoms with van der Waals surface area (Å²) in [5.41, 5.74) is 0.585. The summed E-state index contributed by atoms with van der Waals surface area (Å²) in [7, 11) is -2.23. The summed E-state index contributed by atoms with van der Waals surface area (Å²) < 4.78 is 44.1. The second-order valence-electron chi connectivity index (χ2n) is 4.88. The molecule has 0 bridgehead atoms. The van der Waals surface area contributed by atoms with Gasteiger partial charge in [0, 0.05) is 18.7 Å². The number of ether oxygens (including phenoxy) is 1. The minimum Gasteiger partial charge on any atom is -0.497 e. The van der Waals surface area contributed by atoms with Crippen LogP contribution in [-0.2, 0) is 14.8 Å². The van der Waals surface area contributed by atoms with Crippen molar-refractivity contribution in [3.05, 3.63) is 54.3 Å². The van der Waals surface area contributed by atoms with Gasteiger partial charge in [0.25, 0.3) is 0 Å². The summed E-state index contributed by atoms with van der Waals surface area (Å²) in [6, 6.07) is 11.2. The van der Waals surface area contributed by atoms with E-state index in [1.165, 1.54) is 0 Å². The van der Waals surface area contributed by atoms with Crippen LogP contribution in [0.1, 0.15) is 6.42 Å². The highest BCUT2D eigenvalue weighted by Crippen LogP contribution is 2.15. The number of benzene rings is 2. The summed E-state index contributed by atoms with van der Waals surface area (Å²) in [6.45, 7) is -0.0678. The fourth-order valence-electron chi connectivity index (χ4n) is 1.89. The number of hydrogen-bond acceptors (Lipinski definition) is 4. The normalized spacial score (nSPS) is 11.1. The highest BCUT2D eigenvalue weighted by Gasteiger charge is 2.14. The Morgan fingerprint density at radius 1 is 1.08 bits per heavy atom. The molecular weight excluding hydrogens is 335 g/mol. The summed E-state index contributed by atoms with van der Waals surface area (Å²) in [6.07, 6.45) is -0.0353. The van der Waals surface area contributed by atoms with Crippen molar-refractivity contribution in [2.75, 3.05) is 19.0 Å². The van der Waals surface area contributed by atoms with Gasteiger partial charge in [-0.1, -0.05) is 0 Å². The number of anilines is 1. The van der Waals surface area contributed by atoms with Crippen molar-refractivity contribution in [1.29, 1.82) is 0 Å². The molecule has 0 aliphatic carbocycles. The van der Waals surface area contributed by atoms with Crippen LogP contribution in [0.3, 0.4) is 0 Å². The van der Waals surface area contributed by atoms with Crippen molar-refractivity contribution in [2.24, 2.45) is 0 Å². The number of sulfonamides is 1. The summed E-state index contributed by atoms with van der Waals surface area (Å²) in [5.74, 6) is -0.185. The largest absolute Gasteiger partial charge is 0.497 e. The Morgan fingerprint density at radius 2 is 1.71 bits per heavy atom. The van der Waals surface area contributed by atoms with Gasteiger partial charge in [0.05, 0.1) is 12.0 Å². The van der Waals surface area contributed by atoms with Crippen LogP contribution in [0.5, 0.6) is 5.75 Å². The van der Waals surface area contributed by atoms with Crippen LogP contribution in [0.15, 0.2) is 53.4 Å². The zero-order valence-electron chi connectivity index (χ0n) is 13.0. The average molecular weight is 352 g/mol. The molecule has 0 radical (unpaired) electrons. The number of halogens is 1. The maximum atomic E-state index is 12.8. The topological polar surface area (TPSA) is 84.5 Å². The summed E-state index contributed by atoms with van der Waals surface area (Å²) in [5, 5.41) is 2.65. The summed E-state index contributed by atoms with van der Waals surface area (Å²) >= 11 is 0. The van der Waals surface area contributed by atoms with E-state index in [9.17, 15) is 17.6 Å². The zero-order valence-corrected chi connectivity index (χ0v) is 13.8. The fraction of sp³-hybridized carbons (Fsp3) is 0.188. The standard InChI is InChI=1S/C16H17FN2O4S/c1-23-14-6-4-13(5-7-14)19-16(20)10-11-18-24(21,22)15-8-2-12(17)3-9-15/h2-9,18H,10-11H2,1H3,(H,19,20). The predicted octanol–water partition coefficient (Wildman–Crippen LogP) is 2.14. The molecule has 2 rings (SSSR count). The van der Waals surface area contributed by atoms with Gasteiger partial charge in [-0.05, 0) is 48.5 Å². The van der Waals surface area contributed by atoms with Crippen molar-refractivity contribution >= 4 is 21.6 Å². The Balaban J connectivity index is 1.84. The lowest BCUT2D eigenvalue weighted by Crippen LogP contribution is -2.27. The molecule has 128 valence electrons. The van der Waals surface area contributed by atoms with Crippen LogP contribution in [0.4, 0.5) is 10.1 Å². The molecule has 0 spiro atoms. The number of carbonyl (C=O) groups is 1. The van der Waals surface area contributed by atoms with Crippen molar-refractivity contribution in [3.63, 3.8) is 0 Å². The Hall–Kier alpha value is -2.45. The third kappa shape index (κ3) is 5.04. The molecule has 0 heterocycles. The van der Waals surface area contributed by atoms with Gasteiger partial charge in [0.2, 0.25) is 15.9 Å². The lowest BCUT2D eigenvalue weighted by Gasteiger charge is -2.08. The average Bonchev–Trinajstić information content (AvgIpc) is 2.56. The van der Waals surface area contributed by atoms with Crippen LogP contribution in [-0.4, -0.2) is 28.0 Å². The number of carbonyl (C=O) groups excluding carboxylic acids is 1. The van der Waals surface area contributed by atoms with Gasteiger partial charge >= 0.3 is 0 Å². The minimum absolute atomic E-state index is 0.0353. The number of methoxy groups -OCH3 is 1. The monoisotopic (exact) mass is 352 g/mol. The molecule has 0 fully saturated rings. The second-order valence-corrected chi connectivity index (χ2v) is 6.65. The highest BCUT2D eigenvalue weighted by molar-refractivity contribution is 7.89. The van der Waals surface area contributed by atoms with Crippen LogP contribution < -0.4 is 14.8 Å². The van der Waals surface area contributed by atoms with E-state index in [2.05, 4.69) is 10.0 Å². The Kier molecular flexibility index (Phi) is 5.88. The van der Waals surface area contributed by atoms with Crippen molar-refractivity contribution in [3.8, 4) is 5.75 Å². The van der Waals surface area contributed by atoms with Crippen molar-refractivity contribution in [1.82, 2.24) is 4.72 Å². The molecule has 2 N–H and O–H groups in total. The van der Waals surface area contributed by atoms with E-state index < -0.39 is 15.8 Å². The molecule has 8 heteroatoms. The molecule has 1 amide bonds. The molecule has 2 aromatic rings. The number of hydrogen-bond donors (Lipinski definition) is 2. The number of nitrogens with one attached hydrogen (secondary N) is 2. The first kappa shape index (κ1) is 17.9. The molecule has 0 atom stereocenters. The second kappa shape index (κ2) is 7.89. The molecular formula is C16H17FN2O4S. The van der Waals surface area contributed by atoms with E-state index in [1.807, 2.05) is 0 Å². The fourth-order valence-corrected chi connectivity index (χ4v) is 2.93. The predicted molar refractivity (Wildman–Crippen MR) is 87.8 cm³/mol. The molecule has 0 aliphatic heterocycles. The van der Waals surface area contributed by atoms with E-state index in [0.717, 1.165) is 24.3 Å². The highest BCUT2D eigenvalue weighted by atomic mass is 32.2. The molecule has 0 aliphatic rings. The van der Waals surface area contributed by atoms with E-state index in [-0.39, 0.29) is 23.8 Å². The maximum absolute atomic E-state index is 12.8. The zero-order chi connectivity index (χ0) is 17.6. The van der Waals surface area contributed by atoms with Crippen LogP contribution >= 0.6 is 0 Å². The maximum Gasteiger partial charge on any atom is 0.240 e. The van der Waals surface area contributed by atoms with Crippen molar-refractivity contribution < 1.29 is 22.3 Å². The first-order valence-corrected chi connectivity index (χ1v) is 8.58. The van der Waals surface area contributed by atoms with Crippen molar-refractivity contribution in [2.45, 2.75) is 11.3 Å². The Labute approximate surface area is 139 Å². The van der Waals surface area contributed by atoms with Gasteiger partial charge in [0.15, 0.2) is 0 Å². The molecule has 2 aromatic carbocycles. The molecule has 6 nitrogen and oxygen atoms in total. The quantitative estimate of drug-likeness (QED) is 0.800. The van der Waals surface area contributed by atoms with Crippen LogP contribution in [0, 0.1) is 5.82 Å². The first-order valence-electron chi connectivity index (χ1n) is 7.10. The molecule has 0 saturated heterocycles. The van der Waals surface area contributed by atoms with E-state index in [0.29, 0.717) is 11.4 Å². The van der Waals surface area contributed by atoms with Gasteiger partial charge in [-0.15, -0.1) is 0 Å². The van der Waals surface area contributed by atoms with Gasteiger partial charge in [0.1, 0.15) is 11.6 Å². The Morgan fingerprint density at radius 3 is 2.29 bits per heavy atom. The number of amides is 1. The molecule has 24 heavy (non-hydrogen) atoms. The van der Waals surface area contributed by atoms with E-state index in [4.69, 9.17) is 4.74 Å². The van der Waals surface area contributed by atoms with Gasteiger partial charge in [-0.2, -0.15) is 0 Å². The smallest absolute Gasteiger partial charge is 0.240 e.